The topological polar surface area (TPSA) is 43.8 Å². The van der Waals surface area contributed by atoms with Gasteiger partial charge in [0.1, 0.15) is 5.82 Å². The molecule has 1 heterocycles. The fourth-order valence-electron chi connectivity index (χ4n) is 2.97. The van der Waals surface area contributed by atoms with E-state index in [0.29, 0.717) is 11.8 Å². The van der Waals surface area contributed by atoms with Crippen LogP contribution in [-0.4, -0.2) is 9.78 Å². The van der Waals surface area contributed by atoms with Gasteiger partial charge in [0.05, 0.1) is 5.69 Å². The van der Waals surface area contributed by atoms with Gasteiger partial charge in [0.25, 0.3) is 0 Å². The van der Waals surface area contributed by atoms with Gasteiger partial charge < -0.3 is 5.73 Å². The van der Waals surface area contributed by atoms with Crippen LogP contribution in [0.1, 0.15) is 48.4 Å². The Hall–Kier alpha value is -1.77. The van der Waals surface area contributed by atoms with Crippen LogP contribution in [0.3, 0.4) is 0 Å². The molecule has 2 atom stereocenters. The number of benzene rings is 1. The SMILES string of the molecule is CCCc1c(C2CC2c2ccccc2)nn(C)c1N. The van der Waals surface area contributed by atoms with Crippen LogP contribution in [0.5, 0.6) is 0 Å². The fourth-order valence-corrected chi connectivity index (χ4v) is 2.97. The number of hydrogen-bond donors (Lipinski definition) is 1. The number of hydrogen-bond acceptors (Lipinski definition) is 2. The molecule has 0 bridgehead atoms. The molecule has 1 fully saturated rings. The van der Waals surface area contributed by atoms with Gasteiger partial charge in [0.2, 0.25) is 0 Å². The lowest BCUT2D eigenvalue weighted by Gasteiger charge is -2.02. The van der Waals surface area contributed by atoms with E-state index < -0.39 is 0 Å². The van der Waals surface area contributed by atoms with E-state index in [2.05, 4.69) is 42.4 Å². The molecule has 2 unspecified atom stereocenters. The average molecular weight is 255 g/mol. The van der Waals surface area contributed by atoms with E-state index in [-0.39, 0.29) is 0 Å². The van der Waals surface area contributed by atoms with Gasteiger partial charge in [-0.15, -0.1) is 0 Å². The summed E-state index contributed by atoms with van der Waals surface area (Å²) in [6.45, 7) is 2.19. The molecule has 1 aromatic carbocycles. The maximum atomic E-state index is 6.14. The Balaban J connectivity index is 1.87. The summed E-state index contributed by atoms with van der Waals surface area (Å²) in [5, 5.41) is 4.66. The van der Waals surface area contributed by atoms with Crippen molar-refractivity contribution in [2.75, 3.05) is 5.73 Å². The van der Waals surface area contributed by atoms with Gasteiger partial charge in [0, 0.05) is 18.5 Å². The van der Waals surface area contributed by atoms with Crippen molar-refractivity contribution in [3.63, 3.8) is 0 Å². The van der Waals surface area contributed by atoms with Crippen LogP contribution in [0.4, 0.5) is 5.82 Å². The Kier molecular flexibility index (Phi) is 3.05. The molecule has 1 aromatic heterocycles. The summed E-state index contributed by atoms with van der Waals surface area (Å²) in [6, 6.07) is 10.7. The second-order valence-electron chi connectivity index (χ2n) is 5.48. The zero-order valence-electron chi connectivity index (χ0n) is 11.6. The van der Waals surface area contributed by atoms with Crippen molar-refractivity contribution in [3.8, 4) is 0 Å². The Bertz CT molecular complexity index is 571. The van der Waals surface area contributed by atoms with Crippen molar-refractivity contribution >= 4 is 5.82 Å². The molecule has 0 spiro atoms. The van der Waals surface area contributed by atoms with Crippen LogP contribution in [0.2, 0.25) is 0 Å². The first-order valence-electron chi connectivity index (χ1n) is 7.08. The third kappa shape index (κ3) is 2.14. The smallest absolute Gasteiger partial charge is 0.124 e. The number of nitrogens with two attached hydrogens (primary N) is 1. The predicted octanol–water partition coefficient (Wildman–Crippen LogP) is 3.23. The molecule has 19 heavy (non-hydrogen) atoms. The molecule has 1 saturated carbocycles. The Labute approximate surface area is 114 Å². The highest BCUT2D eigenvalue weighted by Gasteiger charge is 2.42. The summed E-state index contributed by atoms with van der Waals surface area (Å²) in [4.78, 5) is 0. The zero-order chi connectivity index (χ0) is 13.4. The van der Waals surface area contributed by atoms with Gasteiger partial charge in [-0.1, -0.05) is 43.7 Å². The van der Waals surface area contributed by atoms with E-state index in [1.54, 1.807) is 0 Å². The standard InChI is InChI=1S/C16H21N3/c1-3-7-12-15(18-19(2)16(12)17)14-10-13(14)11-8-5-4-6-9-11/h4-6,8-9,13-14H,3,7,10,17H2,1-2H3. The third-order valence-corrected chi connectivity index (χ3v) is 4.09. The molecule has 1 aliphatic rings. The van der Waals surface area contributed by atoms with Crippen LogP contribution < -0.4 is 5.73 Å². The fraction of sp³-hybridized carbons (Fsp3) is 0.438. The third-order valence-electron chi connectivity index (χ3n) is 4.09. The summed E-state index contributed by atoms with van der Waals surface area (Å²) >= 11 is 0. The van der Waals surface area contributed by atoms with Crippen molar-refractivity contribution in [2.45, 2.75) is 38.0 Å². The number of aromatic nitrogens is 2. The van der Waals surface area contributed by atoms with Gasteiger partial charge in [-0.25, -0.2) is 0 Å². The van der Waals surface area contributed by atoms with Crippen LogP contribution >= 0.6 is 0 Å². The minimum absolute atomic E-state index is 0.562. The van der Waals surface area contributed by atoms with E-state index in [1.165, 1.54) is 23.2 Å². The summed E-state index contributed by atoms with van der Waals surface area (Å²) in [5.74, 6) is 2.04. The monoisotopic (exact) mass is 255 g/mol. The number of nitrogens with zero attached hydrogens (tertiary/aromatic N) is 2. The number of aryl methyl sites for hydroxylation is 1. The Morgan fingerprint density at radius 1 is 1.26 bits per heavy atom. The van der Waals surface area contributed by atoms with Crippen LogP contribution in [0.15, 0.2) is 30.3 Å². The van der Waals surface area contributed by atoms with E-state index in [4.69, 9.17) is 5.73 Å². The minimum atomic E-state index is 0.562. The molecule has 3 nitrogen and oxygen atoms in total. The summed E-state index contributed by atoms with van der Waals surface area (Å²) in [7, 11) is 1.94. The van der Waals surface area contributed by atoms with E-state index in [9.17, 15) is 0 Å². The number of anilines is 1. The Morgan fingerprint density at radius 3 is 2.68 bits per heavy atom. The van der Waals surface area contributed by atoms with Crippen molar-refractivity contribution in [3.05, 3.63) is 47.2 Å². The quantitative estimate of drug-likeness (QED) is 0.911. The second kappa shape index (κ2) is 4.72. The highest BCUT2D eigenvalue weighted by atomic mass is 15.3. The van der Waals surface area contributed by atoms with Gasteiger partial charge in [0.15, 0.2) is 0 Å². The van der Waals surface area contributed by atoms with Crippen molar-refractivity contribution < 1.29 is 0 Å². The minimum Gasteiger partial charge on any atom is -0.384 e. The first-order valence-corrected chi connectivity index (χ1v) is 7.08. The molecule has 3 heteroatoms. The second-order valence-corrected chi connectivity index (χ2v) is 5.48. The molecule has 0 amide bonds. The largest absolute Gasteiger partial charge is 0.384 e. The van der Waals surface area contributed by atoms with Gasteiger partial charge in [-0.2, -0.15) is 5.10 Å². The molecular formula is C16H21N3. The molecule has 1 aliphatic carbocycles. The molecular weight excluding hydrogens is 234 g/mol. The van der Waals surface area contributed by atoms with Gasteiger partial charge in [-0.05, 0) is 24.3 Å². The number of nitrogen functional groups attached to an aromatic ring is 1. The molecule has 0 radical (unpaired) electrons. The van der Waals surface area contributed by atoms with Crippen LogP contribution in [0.25, 0.3) is 0 Å². The summed E-state index contributed by atoms with van der Waals surface area (Å²) in [5.41, 5.74) is 10.1. The van der Waals surface area contributed by atoms with Crippen molar-refractivity contribution in [1.29, 1.82) is 0 Å². The first-order chi connectivity index (χ1) is 9.22. The lowest BCUT2D eigenvalue weighted by Crippen LogP contribution is -1.99. The van der Waals surface area contributed by atoms with Crippen LogP contribution in [0, 0.1) is 0 Å². The molecule has 0 saturated heterocycles. The lowest BCUT2D eigenvalue weighted by atomic mass is 10.0. The van der Waals surface area contributed by atoms with Crippen molar-refractivity contribution in [1.82, 2.24) is 9.78 Å². The molecule has 0 aliphatic heterocycles. The molecule has 3 rings (SSSR count). The Morgan fingerprint density at radius 2 is 2.00 bits per heavy atom. The van der Waals surface area contributed by atoms with Crippen LogP contribution in [-0.2, 0) is 13.5 Å². The summed E-state index contributed by atoms with van der Waals surface area (Å²) < 4.78 is 1.83. The molecule has 100 valence electrons. The van der Waals surface area contributed by atoms with Gasteiger partial charge >= 0.3 is 0 Å². The maximum absolute atomic E-state index is 6.14. The average Bonchev–Trinajstić information content (AvgIpc) is 3.18. The van der Waals surface area contributed by atoms with E-state index in [0.717, 1.165) is 18.7 Å². The molecule has 2 aromatic rings. The highest BCUT2D eigenvalue weighted by molar-refractivity contribution is 5.48. The normalized spacial score (nSPS) is 21.6. The van der Waals surface area contributed by atoms with Crippen molar-refractivity contribution in [2.24, 2.45) is 7.05 Å². The summed E-state index contributed by atoms with van der Waals surface area (Å²) in [6.07, 6.45) is 3.36. The zero-order valence-corrected chi connectivity index (χ0v) is 11.6. The first kappa shape index (κ1) is 12.3. The lowest BCUT2D eigenvalue weighted by molar-refractivity contribution is 0.749. The maximum Gasteiger partial charge on any atom is 0.124 e. The number of rotatable bonds is 4. The molecule has 2 N–H and O–H groups in total. The van der Waals surface area contributed by atoms with Gasteiger partial charge in [-0.3, -0.25) is 4.68 Å². The predicted molar refractivity (Wildman–Crippen MR) is 78.2 cm³/mol. The van der Waals surface area contributed by atoms with E-state index >= 15 is 0 Å². The highest BCUT2D eigenvalue weighted by Crippen LogP contribution is 2.55. The van der Waals surface area contributed by atoms with E-state index in [1.807, 2.05) is 11.7 Å².